The van der Waals surface area contributed by atoms with Crippen LogP contribution in [0.3, 0.4) is 0 Å². The molecule has 10 heteroatoms. The smallest absolute Gasteiger partial charge is 0.422 e. The highest BCUT2D eigenvalue weighted by Crippen LogP contribution is 2.32. The van der Waals surface area contributed by atoms with E-state index in [9.17, 15) is 18.0 Å². The third-order valence-electron chi connectivity index (χ3n) is 3.49. The number of nitrogens with one attached hydrogen (secondary N) is 1. The number of halogens is 4. The predicted octanol–water partition coefficient (Wildman–Crippen LogP) is 2.50. The zero-order valence-corrected chi connectivity index (χ0v) is 14.3. The highest BCUT2D eigenvalue weighted by Gasteiger charge is 2.31. The Labute approximate surface area is 149 Å². The fourth-order valence-corrected chi connectivity index (χ4v) is 2.32. The lowest BCUT2D eigenvalue weighted by atomic mass is 10.2. The first kappa shape index (κ1) is 21.3. The maximum Gasteiger partial charge on any atom is 0.422 e. The second kappa shape index (κ2) is 9.12. The molecule has 1 fully saturated rings. The van der Waals surface area contributed by atoms with Gasteiger partial charge in [0.05, 0.1) is 13.2 Å². The van der Waals surface area contributed by atoms with Crippen LogP contribution in [0.2, 0.25) is 0 Å². The number of alkyl halides is 3. The number of ether oxygens (including phenoxy) is 3. The van der Waals surface area contributed by atoms with E-state index in [0.717, 1.165) is 0 Å². The summed E-state index contributed by atoms with van der Waals surface area (Å²) in [5.74, 6) is -0.352. The van der Waals surface area contributed by atoms with E-state index in [0.29, 0.717) is 19.4 Å². The first-order valence-electron chi connectivity index (χ1n) is 7.36. The second-order valence-electron chi connectivity index (χ2n) is 5.32. The Hall–Kier alpha value is -1.71. The monoisotopic (exact) mass is 384 g/mol. The lowest BCUT2D eigenvalue weighted by Gasteiger charge is -2.16. The summed E-state index contributed by atoms with van der Waals surface area (Å²) in [6.07, 6.45) is -4.01. The molecule has 2 rings (SSSR count). The number of hydrogen-bond acceptors (Lipinski definition) is 5. The summed E-state index contributed by atoms with van der Waals surface area (Å²) in [6, 6.07) is 4.20. The van der Waals surface area contributed by atoms with E-state index in [1.807, 2.05) is 0 Å². The van der Waals surface area contributed by atoms with Crippen LogP contribution in [0.25, 0.3) is 0 Å². The SMILES string of the molecule is COc1ccc(NC(=O)[C@@H]2CC[C@H](CN)O2)cc1OCC(F)(F)F.Cl. The molecule has 0 aliphatic carbocycles. The molecule has 0 radical (unpaired) electrons. The van der Waals surface area contributed by atoms with Crippen molar-refractivity contribution in [3.05, 3.63) is 18.2 Å². The van der Waals surface area contributed by atoms with Crippen LogP contribution < -0.4 is 20.5 Å². The van der Waals surface area contributed by atoms with Crippen molar-refractivity contribution in [2.75, 3.05) is 25.6 Å². The number of rotatable bonds is 6. The minimum absolute atomic E-state index is 0. The summed E-state index contributed by atoms with van der Waals surface area (Å²) in [4.78, 5) is 12.1. The maximum absolute atomic E-state index is 12.3. The van der Waals surface area contributed by atoms with Crippen molar-refractivity contribution in [2.45, 2.75) is 31.2 Å². The van der Waals surface area contributed by atoms with Crippen molar-refractivity contribution < 1.29 is 32.2 Å². The minimum atomic E-state index is -4.47. The van der Waals surface area contributed by atoms with Gasteiger partial charge in [-0.15, -0.1) is 12.4 Å². The molecule has 1 aromatic carbocycles. The first-order chi connectivity index (χ1) is 11.3. The molecule has 6 nitrogen and oxygen atoms in total. The molecule has 0 bridgehead atoms. The third-order valence-corrected chi connectivity index (χ3v) is 3.49. The zero-order chi connectivity index (χ0) is 17.7. The highest BCUT2D eigenvalue weighted by atomic mass is 35.5. The van der Waals surface area contributed by atoms with Crippen LogP contribution in [-0.4, -0.2) is 44.6 Å². The van der Waals surface area contributed by atoms with Gasteiger partial charge in [-0.05, 0) is 25.0 Å². The number of amides is 1. The van der Waals surface area contributed by atoms with Crippen molar-refractivity contribution in [1.82, 2.24) is 0 Å². The molecule has 0 spiro atoms. The third kappa shape index (κ3) is 6.26. The standard InChI is InChI=1S/C15H19F3N2O4.ClH/c1-22-11-4-2-9(6-13(11)23-8-15(16,17)18)20-14(21)12-5-3-10(7-19)24-12;/h2,4,6,10,12H,3,5,7-8,19H2,1H3,(H,20,21);1H/t10-,12+;/m1./s1. The first-order valence-corrected chi connectivity index (χ1v) is 7.36. The Morgan fingerprint density at radius 3 is 2.64 bits per heavy atom. The fraction of sp³-hybridized carbons (Fsp3) is 0.533. The molecule has 1 amide bonds. The summed E-state index contributed by atoms with van der Waals surface area (Å²) >= 11 is 0. The summed E-state index contributed by atoms with van der Waals surface area (Å²) in [5, 5.41) is 2.60. The molecule has 142 valence electrons. The Morgan fingerprint density at radius 1 is 1.36 bits per heavy atom. The van der Waals surface area contributed by atoms with Gasteiger partial charge in [0.1, 0.15) is 6.10 Å². The molecule has 25 heavy (non-hydrogen) atoms. The Kier molecular flexibility index (Phi) is 7.78. The van der Waals surface area contributed by atoms with Crippen LogP contribution in [0.4, 0.5) is 18.9 Å². The highest BCUT2D eigenvalue weighted by molar-refractivity contribution is 5.94. The van der Waals surface area contributed by atoms with Gasteiger partial charge in [0.15, 0.2) is 18.1 Å². The summed E-state index contributed by atoms with van der Waals surface area (Å²) < 4.78 is 52.1. The van der Waals surface area contributed by atoms with Crippen LogP contribution in [0, 0.1) is 0 Å². The van der Waals surface area contributed by atoms with Crippen molar-refractivity contribution in [3.63, 3.8) is 0 Å². The van der Waals surface area contributed by atoms with E-state index < -0.39 is 18.9 Å². The van der Waals surface area contributed by atoms with Gasteiger partial charge in [-0.25, -0.2) is 0 Å². The van der Waals surface area contributed by atoms with Crippen molar-refractivity contribution in [2.24, 2.45) is 5.73 Å². The Morgan fingerprint density at radius 2 is 2.08 bits per heavy atom. The fourth-order valence-electron chi connectivity index (χ4n) is 2.32. The molecule has 2 atom stereocenters. The van der Waals surface area contributed by atoms with E-state index in [-0.39, 0.29) is 41.6 Å². The van der Waals surface area contributed by atoms with Crippen molar-refractivity contribution in [3.8, 4) is 11.5 Å². The molecular formula is C15H20ClF3N2O4. The molecule has 0 unspecified atom stereocenters. The molecule has 0 saturated carbocycles. The molecule has 1 heterocycles. The van der Waals surface area contributed by atoms with E-state index >= 15 is 0 Å². The Bertz CT molecular complexity index is 586. The van der Waals surface area contributed by atoms with Crippen LogP contribution in [-0.2, 0) is 9.53 Å². The van der Waals surface area contributed by atoms with Gasteiger partial charge < -0.3 is 25.3 Å². The van der Waals surface area contributed by atoms with Gasteiger partial charge in [-0.1, -0.05) is 0 Å². The van der Waals surface area contributed by atoms with Gasteiger partial charge in [0, 0.05) is 18.3 Å². The molecule has 1 aromatic rings. The minimum Gasteiger partial charge on any atom is -0.493 e. The van der Waals surface area contributed by atoms with Gasteiger partial charge in [0.25, 0.3) is 5.91 Å². The number of hydrogen-bond donors (Lipinski definition) is 2. The van der Waals surface area contributed by atoms with Gasteiger partial charge in [0.2, 0.25) is 0 Å². The normalized spacial score (nSPS) is 19.9. The number of benzene rings is 1. The van der Waals surface area contributed by atoms with E-state index in [1.165, 1.54) is 25.3 Å². The molecule has 3 N–H and O–H groups in total. The van der Waals surface area contributed by atoms with Crippen molar-refractivity contribution >= 4 is 24.0 Å². The number of nitrogens with two attached hydrogens (primary N) is 1. The van der Waals surface area contributed by atoms with Gasteiger partial charge in [-0.2, -0.15) is 13.2 Å². The predicted molar refractivity (Wildman–Crippen MR) is 87.4 cm³/mol. The number of carbonyl (C=O) groups excluding carboxylic acids is 1. The number of carbonyl (C=O) groups is 1. The Balaban J connectivity index is 0.00000312. The lowest BCUT2D eigenvalue weighted by molar-refractivity contribution is -0.153. The quantitative estimate of drug-likeness (QED) is 0.787. The molecular weight excluding hydrogens is 365 g/mol. The maximum atomic E-state index is 12.3. The van der Waals surface area contributed by atoms with Crippen LogP contribution in [0.1, 0.15) is 12.8 Å². The molecule has 1 aliphatic heterocycles. The van der Waals surface area contributed by atoms with Crippen LogP contribution >= 0.6 is 12.4 Å². The van der Waals surface area contributed by atoms with E-state index in [2.05, 4.69) is 5.32 Å². The number of anilines is 1. The zero-order valence-electron chi connectivity index (χ0n) is 13.5. The lowest BCUT2D eigenvalue weighted by Crippen LogP contribution is -2.29. The molecule has 0 aromatic heterocycles. The van der Waals surface area contributed by atoms with Gasteiger partial charge in [-0.3, -0.25) is 4.79 Å². The average molecular weight is 385 g/mol. The topological polar surface area (TPSA) is 82.8 Å². The van der Waals surface area contributed by atoms with Crippen LogP contribution in [0.5, 0.6) is 11.5 Å². The summed E-state index contributed by atoms with van der Waals surface area (Å²) in [7, 11) is 1.31. The molecule has 1 saturated heterocycles. The average Bonchev–Trinajstić information content (AvgIpc) is 3.01. The van der Waals surface area contributed by atoms with Gasteiger partial charge >= 0.3 is 6.18 Å². The van der Waals surface area contributed by atoms with Crippen LogP contribution in [0.15, 0.2) is 18.2 Å². The van der Waals surface area contributed by atoms with E-state index in [4.69, 9.17) is 19.9 Å². The largest absolute Gasteiger partial charge is 0.493 e. The summed E-state index contributed by atoms with van der Waals surface area (Å²) in [5.41, 5.74) is 5.78. The molecule has 1 aliphatic rings. The second-order valence-corrected chi connectivity index (χ2v) is 5.32. The number of methoxy groups -OCH3 is 1. The summed E-state index contributed by atoms with van der Waals surface area (Å²) in [6.45, 7) is -1.12. The van der Waals surface area contributed by atoms with E-state index in [1.54, 1.807) is 0 Å². The van der Waals surface area contributed by atoms with Crippen molar-refractivity contribution in [1.29, 1.82) is 0 Å².